The number of hydrogen-bond donors (Lipinski definition) is 1. The van der Waals surface area contributed by atoms with Gasteiger partial charge in [-0.25, -0.2) is 0 Å². The van der Waals surface area contributed by atoms with Crippen molar-refractivity contribution in [2.24, 2.45) is 5.92 Å². The molecule has 3 heteroatoms. The lowest BCUT2D eigenvalue weighted by Crippen LogP contribution is -2.13. The summed E-state index contributed by atoms with van der Waals surface area (Å²) in [6.07, 6.45) is 14.7. The van der Waals surface area contributed by atoms with Crippen molar-refractivity contribution >= 4 is 0 Å². The normalized spacial score (nSPS) is 20.7. The summed E-state index contributed by atoms with van der Waals surface area (Å²) in [5.41, 5.74) is 0. The molecule has 0 radical (unpaired) electrons. The van der Waals surface area contributed by atoms with Crippen LogP contribution in [-0.4, -0.2) is 24.0 Å². The average Bonchev–Trinajstić information content (AvgIpc) is 2.91. The largest absolute Gasteiger partial charge is 0.412 e. The van der Waals surface area contributed by atoms with Crippen LogP contribution in [0.2, 0.25) is 0 Å². The maximum Gasteiger partial charge on any atom is -0.00464 e. The van der Waals surface area contributed by atoms with Crippen molar-refractivity contribution in [3.8, 4) is 0 Å². The van der Waals surface area contributed by atoms with Crippen molar-refractivity contribution in [1.29, 1.82) is 0 Å². The van der Waals surface area contributed by atoms with E-state index in [-0.39, 0.29) is 11.0 Å². The van der Waals surface area contributed by atoms with Crippen LogP contribution < -0.4 is 5.32 Å². The molecule has 3 nitrogen and oxygen atoms in total. The molecule has 1 aliphatic carbocycles. The lowest BCUT2D eigenvalue weighted by atomic mass is 10.0. The second-order valence-electron chi connectivity index (χ2n) is 5.26. The van der Waals surface area contributed by atoms with E-state index in [0.717, 1.165) is 5.92 Å². The van der Waals surface area contributed by atoms with Crippen LogP contribution in [0.25, 0.3) is 0 Å². The van der Waals surface area contributed by atoms with Crippen LogP contribution in [-0.2, 0) is 0 Å². The first-order valence-corrected chi connectivity index (χ1v) is 9.10. The summed E-state index contributed by atoms with van der Waals surface area (Å²) in [4.78, 5) is 0. The van der Waals surface area contributed by atoms with E-state index in [1.54, 1.807) is 0 Å². The zero-order chi connectivity index (χ0) is 14.8. The average molecular weight is 308 g/mol. The molecule has 2 rings (SSSR count). The molecule has 0 aromatic heterocycles. The second-order valence-corrected chi connectivity index (χ2v) is 5.26. The van der Waals surface area contributed by atoms with Crippen LogP contribution in [0.1, 0.15) is 98.8 Å². The highest BCUT2D eigenvalue weighted by Gasteiger charge is 2.04. The molecule has 0 amide bonds. The highest BCUT2D eigenvalue weighted by molar-refractivity contribution is 4.61. The minimum atomic E-state index is 0. The van der Waals surface area contributed by atoms with Gasteiger partial charge in [-0.3, -0.25) is 0 Å². The molecule has 1 saturated heterocycles. The number of nitrogens with one attached hydrogen (secondary N) is 1. The first kappa shape index (κ1) is 29.0. The number of rotatable bonds is 0. The predicted molar refractivity (Wildman–Crippen MR) is 98.1 cm³/mol. The lowest BCUT2D eigenvalue weighted by Gasteiger charge is -2.02. The van der Waals surface area contributed by atoms with Gasteiger partial charge in [0.2, 0.25) is 0 Å². The highest BCUT2D eigenvalue weighted by atomic mass is 16.0. The van der Waals surface area contributed by atoms with Crippen LogP contribution in [0.15, 0.2) is 0 Å². The van der Waals surface area contributed by atoms with E-state index in [4.69, 9.17) is 0 Å². The maximum absolute atomic E-state index is 3.38. The first-order valence-electron chi connectivity index (χ1n) is 9.10. The molecule has 0 spiro atoms. The third-order valence-electron chi connectivity index (χ3n) is 3.61. The summed E-state index contributed by atoms with van der Waals surface area (Å²) < 4.78 is 0. The van der Waals surface area contributed by atoms with Gasteiger partial charge >= 0.3 is 0 Å². The highest BCUT2D eigenvalue weighted by Crippen LogP contribution is 2.15. The van der Waals surface area contributed by atoms with Gasteiger partial charge < -0.3 is 16.3 Å². The molecule has 134 valence electrons. The Kier molecular flexibility index (Phi) is 38.8. The quantitative estimate of drug-likeness (QED) is 0.656. The second kappa shape index (κ2) is 28.1. The molecule has 5 N–H and O–H groups in total. The molecule has 1 atom stereocenters. The van der Waals surface area contributed by atoms with Gasteiger partial charge in [-0.15, -0.1) is 0 Å². The van der Waals surface area contributed by atoms with Crippen molar-refractivity contribution in [1.82, 2.24) is 5.32 Å². The molecule has 2 fully saturated rings. The Hall–Kier alpha value is -0.120. The van der Waals surface area contributed by atoms with Gasteiger partial charge in [0.25, 0.3) is 0 Å². The van der Waals surface area contributed by atoms with Gasteiger partial charge in [-0.05, 0) is 38.3 Å². The van der Waals surface area contributed by atoms with E-state index in [0.29, 0.717) is 0 Å². The standard InChI is InChI=1S/C7H15N.C7H14.2C2H6.2H2O/c1-7-3-2-5-8-6-4-7;1-2-4-6-7-5-3-1;2*1-2;;/h7-8H,2-6H2,1H3;1-7H2;2*1-2H3;2*1H2. The molecule has 0 bridgehead atoms. The van der Waals surface area contributed by atoms with Gasteiger partial charge in [0.05, 0.1) is 0 Å². The van der Waals surface area contributed by atoms with E-state index >= 15 is 0 Å². The van der Waals surface area contributed by atoms with Crippen LogP contribution in [0.5, 0.6) is 0 Å². The van der Waals surface area contributed by atoms with Gasteiger partial charge in [0, 0.05) is 0 Å². The van der Waals surface area contributed by atoms with Crippen molar-refractivity contribution in [2.45, 2.75) is 98.8 Å². The van der Waals surface area contributed by atoms with Gasteiger partial charge in [-0.2, -0.15) is 0 Å². The van der Waals surface area contributed by atoms with E-state index in [1.165, 1.54) is 77.3 Å². The molecule has 21 heavy (non-hydrogen) atoms. The first-order chi connectivity index (χ1) is 9.39. The summed E-state index contributed by atoms with van der Waals surface area (Å²) in [5.74, 6) is 0.963. The molecule has 1 heterocycles. The molecule has 1 unspecified atom stereocenters. The van der Waals surface area contributed by atoms with E-state index in [2.05, 4.69) is 12.2 Å². The van der Waals surface area contributed by atoms with Crippen LogP contribution >= 0.6 is 0 Å². The van der Waals surface area contributed by atoms with Crippen molar-refractivity contribution < 1.29 is 11.0 Å². The summed E-state index contributed by atoms with van der Waals surface area (Å²) in [6.45, 7) is 12.8. The summed E-state index contributed by atoms with van der Waals surface area (Å²) in [5, 5.41) is 3.38. The van der Waals surface area contributed by atoms with E-state index < -0.39 is 0 Å². The molecule has 1 saturated carbocycles. The van der Waals surface area contributed by atoms with Gasteiger partial charge in [-0.1, -0.05) is 79.6 Å². The van der Waals surface area contributed by atoms with Crippen molar-refractivity contribution in [3.63, 3.8) is 0 Å². The molecule has 0 aromatic carbocycles. The molecular weight excluding hydrogens is 262 g/mol. The third kappa shape index (κ3) is 25.2. The fourth-order valence-corrected chi connectivity index (χ4v) is 2.43. The van der Waals surface area contributed by atoms with Crippen LogP contribution in [0.4, 0.5) is 0 Å². The Bertz CT molecular complexity index is 116. The van der Waals surface area contributed by atoms with Crippen molar-refractivity contribution in [2.75, 3.05) is 13.1 Å². The zero-order valence-corrected chi connectivity index (χ0v) is 15.6. The van der Waals surface area contributed by atoms with E-state index in [9.17, 15) is 0 Å². The van der Waals surface area contributed by atoms with Crippen LogP contribution in [0, 0.1) is 5.92 Å². The monoisotopic (exact) mass is 307 g/mol. The van der Waals surface area contributed by atoms with Gasteiger partial charge in [0.1, 0.15) is 0 Å². The minimum absolute atomic E-state index is 0. The summed E-state index contributed by atoms with van der Waals surface area (Å²) >= 11 is 0. The summed E-state index contributed by atoms with van der Waals surface area (Å²) in [6, 6.07) is 0. The van der Waals surface area contributed by atoms with Crippen molar-refractivity contribution in [3.05, 3.63) is 0 Å². The SMILES string of the molecule is C1CCCCCC1.CC.CC.CC1CCCNCC1.O.O. The Morgan fingerprint density at radius 1 is 0.571 bits per heavy atom. The van der Waals surface area contributed by atoms with Gasteiger partial charge in [0.15, 0.2) is 0 Å². The minimum Gasteiger partial charge on any atom is -0.412 e. The predicted octanol–water partition coefficient (Wildman–Crippen LogP) is 4.53. The smallest absolute Gasteiger partial charge is 0.00464 e. The fourth-order valence-electron chi connectivity index (χ4n) is 2.43. The zero-order valence-electron chi connectivity index (χ0n) is 15.6. The Morgan fingerprint density at radius 3 is 1.33 bits per heavy atom. The van der Waals surface area contributed by atoms with E-state index in [1.807, 2.05) is 27.7 Å². The third-order valence-corrected chi connectivity index (χ3v) is 3.61. The molecular formula is C18H45NO2. The fraction of sp³-hybridized carbons (Fsp3) is 1.00. The molecule has 2 aliphatic rings. The summed E-state index contributed by atoms with van der Waals surface area (Å²) in [7, 11) is 0. The number of hydrogen-bond acceptors (Lipinski definition) is 1. The van der Waals surface area contributed by atoms with Crippen LogP contribution in [0.3, 0.4) is 0 Å². The maximum atomic E-state index is 3.38. The topological polar surface area (TPSA) is 75.0 Å². The lowest BCUT2D eigenvalue weighted by molar-refractivity contribution is 0.519. The Labute approximate surface area is 134 Å². The Morgan fingerprint density at radius 2 is 0.952 bits per heavy atom. The molecule has 0 aromatic rings. The Balaban J connectivity index is -0.000000104. The molecule has 1 aliphatic heterocycles.